The van der Waals surface area contributed by atoms with E-state index in [4.69, 9.17) is 10.00 Å². The summed E-state index contributed by atoms with van der Waals surface area (Å²) in [7, 11) is 1.42. The Morgan fingerprint density at radius 2 is 2.27 bits per heavy atom. The maximum atomic E-state index is 10.5. The lowest BCUT2D eigenvalue weighted by Crippen LogP contribution is -1.97. The summed E-state index contributed by atoms with van der Waals surface area (Å²) in [6, 6.07) is 6.29. The average Bonchev–Trinajstić information content (AvgIpc) is 2.27. The van der Waals surface area contributed by atoms with Crippen molar-refractivity contribution >= 4 is 5.69 Å². The third-order valence-electron chi connectivity index (χ3n) is 2.09. The molecular weight excluding hydrogens is 196 g/mol. The number of benzene rings is 1. The van der Waals surface area contributed by atoms with Crippen LogP contribution in [-0.2, 0) is 0 Å². The Labute approximate surface area is 87.1 Å². The van der Waals surface area contributed by atoms with Crippen molar-refractivity contribution in [3.63, 3.8) is 0 Å². The minimum Gasteiger partial charge on any atom is -0.496 e. The van der Waals surface area contributed by atoms with E-state index >= 15 is 0 Å². The van der Waals surface area contributed by atoms with E-state index in [0.29, 0.717) is 11.3 Å². The Morgan fingerprint density at radius 3 is 2.73 bits per heavy atom. The largest absolute Gasteiger partial charge is 0.496 e. The van der Waals surface area contributed by atoms with Crippen LogP contribution >= 0.6 is 0 Å². The molecule has 1 aromatic carbocycles. The molecule has 0 aliphatic carbocycles. The Bertz CT molecular complexity index is 423. The molecule has 0 saturated heterocycles. The molecule has 15 heavy (non-hydrogen) atoms. The number of nitro benzene ring substituents is 1. The fraction of sp³-hybridized carbons (Fsp3) is 0.300. The van der Waals surface area contributed by atoms with Crippen LogP contribution in [0.1, 0.15) is 18.4 Å². The number of rotatable bonds is 3. The van der Waals surface area contributed by atoms with Gasteiger partial charge in [-0.15, -0.1) is 0 Å². The van der Waals surface area contributed by atoms with Gasteiger partial charge in [-0.1, -0.05) is 0 Å². The predicted octanol–water partition coefficient (Wildman–Crippen LogP) is 2.23. The zero-order valence-electron chi connectivity index (χ0n) is 8.43. The van der Waals surface area contributed by atoms with E-state index in [1.807, 2.05) is 0 Å². The topological polar surface area (TPSA) is 76.2 Å². The summed E-state index contributed by atoms with van der Waals surface area (Å²) in [5.41, 5.74) is 0.617. The molecule has 5 nitrogen and oxygen atoms in total. The molecule has 0 aliphatic rings. The van der Waals surface area contributed by atoms with Gasteiger partial charge < -0.3 is 4.74 Å². The Hall–Kier alpha value is -2.09. The number of non-ortho nitro benzene ring substituents is 1. The Kier molecular flexibility index (Phi) is 3.24. The van der Waals surface area contributed by atoms with Crippen LogP contribution < -0.4 is 4.74 Å². The van der Waals surface area contributed by atoms with Crippen LogP contribution in [0.4, 0.5) is 5.69 Å². The lowest BCUT2D eigenvalue weighted by atomic mass is 10.0. The average molecular weight is 206 g/mol. The fourth-order valence-corrected chi connectivity index (χ4v) is 1.24. The van der Waals surface area contributed by atoms with Gasteiger partial charge in [-0.3, -0.25) is 10.1 Å². The van der Waals surface area contributed by atoms with Crippen LogP contribution in [-0.4, -0.2) is 12.0 Å². The molecule has 1 aromatic rings. The molecule has 0 aromatic heterocycles. The number of nitro groups is 1. The minimum atomic E-state index is -0.497. The van der Waals surface area contributed by atoms with Gasteiger partial charge in [0.05, 0.1) is 30.1 Å². The quantitative estimate of drug-likeness (QED) is 0.561. The van der Waals surface area contributed by atoms with Gasteiger partial charge in [-0.25, -0.2) is 0 Å². The summed E-state index contributed by atoms with van der Waals surface area (Å²) in [6.45, 7) is 1.71. The highest BCUT2D eigenvalue weighted by atomic mass is 16.6. The molecule has 1 unspecified atom stereocenters. The van der Waals surface area contributed by atoms with Gasteiger partial charge in [0.25, 0.3) is 5.69 Å². The van der Waals surface area contributed by atoms with Gasteiger partial charge in [0.1, 0.15) is 5.75 Å². The van der Waals surface area contributed by atoms with E-state index in [1.165, 1.54) is 19.2 Å². The van der Waals surface area contributed by atoms with Crippen molar-refractivity contribution in [1.29, 1.82) is 5.26 Å². The number of ether oxygens (including phenoxy) is 1. The van der Waals surface area contributed by atoms with Crippen molar-refractivity contribution in [1.82, 2.24) is 0 Å². The molecular formula is C10H10N2O3. The second-order valence-corrected chi connectivity index (χ2v) is 3.03. The second kappa shape index (κ2) is 4.42. The molecule has 0 amide bonds. The fourth-order valence-electron chi connectivity index (χ4n) is 1.24. The van der Waals surface area contributed by atoms with Crippen molar-refractivity contribution in [2.45, 2.75) is 12.8 Å². The molecule has 0 spiro atoms. The zero-order valence-corrected chi connectivity index (χ0v) is 8.43. The summed E-state index contributed by atoms with van der Waals surface area (Å²) in [5.74, 6) is 0.0269. The van der Waals surface area contributed by atoms with Crippen LogP contribution in [0.3, 0.4) is 0 Å². The van der Waals surface area contributed by atoms with Crippen molar-refractivity contribution in [3.05, 3.63) is 33.9 Å². The smallest absolute Gasteiger partial charge is 0.273 e. The monoisotopic (exact) mass is 206 g/mol. The molecule has 0 saturated carbocycles. The van der Waals surface area contributed by atoms with Gasteiger partial charge in [0.2, 0.25) is 0 Å². The first-order valence-electron chi connectivity index (χ1n) is 4.32. The third kappa shape index (κ3) is 2.23. The van der Waals surface area contributed by atoms with E-state index in [0.717, 1.165) is 0 Å². The zero-order chi connectivity index (χ0) is 11.4. The van der Waals surface area contributed by atoms with Crippen LogP contribution in [0.2, 0.25) is 0 Å². The molecule has 78 valence electrons. The third-order valence-corrected chi connectivity index (χ3v) is 2.09. The second-order valence-electron chi connectivity index (χ2n) is 3.03. The summed E-state index contributed by atoms with van der Waals surface area (Å²) in [4.78, 5) is 10.0. The number of hydrogen-bond donors (Lipinski definition) is 0. The van der Waals surface area contributed by atoms with E-state index in [9.17, 15) is 10.1 Å². The van der Waals surface area contributed by atoms with Gasteiger partial charge >= 0.3 is 0 Å². The van der Waals surface area contributed by atoms with Crippen LogP contribution in [0.5, 0.6) is 5.75 Å². The van der Waals surface area contributed by atoms with Crippen LogP contribution in [0.25, 0.3) is 0 Å². The van der Waals surface area contributed by atoms with E-state index in [2.05, 4.69) is 6.07 Å². The Balaban J connectivity index is 3.22. The van der Waals surface area contributed by atoms with E-state index in [-0.39, 0.29) is 11.6 Å². The molecule has 1 atom stereocenters. The summed E-state index contributed by atoms with van der Waals surface area (Å²) in [6.07, 6.45) is 0. The molecule has 5 heteroatoms. The van der Waals surface area contributed by atoms with Crippen molar-refractivity contribution in [2.75, 3.05) is 7.11 Å². The Morgan fingerprint density at radius 1 is 1.60 bits per heavy atom. The lowest BCUT2D eigenvalue weighted by Gasteiger charge is -2.08. The standard InChI is InChI=1S/C10H10N2O3/c1-7(6-11)9-4-3-8(12(13)14)5-10(9)15-2/h3-5,7H,1-2H3. The molecule has 0 fully saturated rings. The first-order valence-corrected chi connectivity index (χ1v) is 4.32. The number of methoxy groups -OCH3 is 1. The maximum absolute atomic E-state index is 10.5. The normalized spacial score (nSPS) is 11.5. The minimum absolute atomic E-state index is 0.0410. The molecule has 0 N–H and O–H groups in total. The van der Waals surface area contributed by atoms with Crippen molar-refractivity contribution < 1.29 is 9.66 Å². The van der Waals surface area contributed by atoms with Gasteiger partial charge in [-0.05, 0) is 13.0 Å². The van der Waals surface area contributed by atoms with Gasteiger partial charge in [0, 0.05) is 11.6 Å². The molecule has 1 rings (SSSR count). The van der Waals surface area contributed by atoms with Gasteiger partial charge in [0.15, 0.2) is 0 Å². The summed E-state index contributed by atoms with van der Waals surface area (Å²) >= 11 is 0. The number of hydrogen-bond acceptors (Lipinski definition) is 4. The van der Waals surface area contributed by atoms with Gasteiger partial charge in [-0.2, -0.15) is 5.26 Å². The molecule has 0 radical (unpaired) electrons. The summed E-state index contributed by atoms with van der Waals surface area (Å²) < 4.78 is 5.00. The van der Waals surface area contributed by atoms with E-state index < -0.39 is 4.92 Å². The predicted molar refractivity (Wildman–Crippen MR) is 53.7 cm³/mol. The van der Waals surface area contributed by atoms with Crippen LogP contribution in [0.15, 0.2) is 18.2 Å². The highest BCUT2D eigenvalue weighted by molar-refractivity contribution is 5.47. The number of nitrogens with zero attached hydrogens (tertiary/aromatic N) is 2. The summed E-state index contributed by atoms with van der Waals surface area (Å²) in [5, 5.41) is 19.3. The van der Waals surface area contributed by atoms with Crippen LogP contribution in [0, 0.1) is 21.4 Å². The van der Waals surface area contributed by atoms with Crippen molar-refractivity contribution in [3.8, 4) is 11.8 Å². The maximum Gasteiger partial charge on any atom is 0.273 e. The van der Waals surface area contributed by atoms with Crippen molar-refractivity contribution in [2.24, 2.45) is 0 Å². The first-order chi connectivity index (χ1) is 7.10. The molecule has 0 bridgehead atoms. The molecule has 0 heterocycles. The molecule has 0 aliphatic heterocycles. The highest BCUT2D eigenvalue weighted by Crippen LogP contribution is 2.29. The highest BCUT2D eigenvalue weighted by Gasteiger charge is 2.15. The van der Waals surface area contributed by atoms with E-state index in [1.54, 1.807) is 13.0 Å². The number of nitriles is 1. The first kappa shape index (κ1) is 11.0. The SMILES string of the molecule is COc1cc([N+](=O)[O-])ccc1C(C)C#N. The lowest BCUT2D eigenvalue weighted by molar-refractivity contribution is -0.384.